The van der Waals surface area contributed by atoms with E-state index in [2.05, 4.69) is 54.0 Å². The van der Waals surface area contributed by atoms with Gasteiger partial charge >= 0.3 is 10.4 Å². The predicted molar refractivity (Wildman–Crippen MR) is 161 cm³/mol. The van der Waals surface area contributed by atoms with Gasteiger partial charge in [0.25, 0.3) is 10.1 Å². The minimum absolute atomic E-state index is 0.146. The molecular formula is C27H29N7O11S2. The van der Waals surface area contributed by atoms with Gasteiger partial charge in [-0.15, -0.1) is 0 Å². The molecule has 0 aliphatic rings. The molecule has 250 valence electrons. The van der Waals surface area contributed by atoms with Gasteiger partial charge in [-0.2, -0.15) is 26.8 Å². The third-order valence-corrected chi connectivity index (χ3v) is 7.80. The summed E-state index contributed by atoms with van der Waals surface area (Å²) in [6.45, 7) is 6.54. The van der Waals surface area contributed by atoms with Crippen LogP contribution >= 0.6 is 0 Å². The summed E-state index contributed by atoms with van der Waals surface area (Å²) in [5.74, 6) is 2.83. The van der Waals surface area contributed by atoms with E-state index < -0.39 is 20.5 Å². The van der Waals surface area contributed by atoms with Crippen molar-refractivity contribution >= 4 is 44.3 Å². The third kappa shape index (κ3) is 10.3. The topological polar surface area (TPSA) is 233 Å². The highest BCUT2D eigenvalue weighted by molar-refractivity contribution is 7.86. The molecule has 2 aromatic carbocycles. The lowest BCUT2D eigenvalue weighted by molar-refractivity contribution is -0.490. The number of anilines is 2. The van der Waals surface area contributed by atoms with Gasteiger partial charge in [-0.1, -0.05) is 50.1 Å². The molecule has 2 N–H and O–H groups in total. The van der Waals surface area contributed by atoms with Gasteiger partial charge in [-0.3, -0.25) is 4.18 Å². The van der Waals surface area contributed by atoms with Crippen molar-refractivity contribution in [3.8, 4) is 0 Å². The minimum Gasteiger partial charge on any atom is -0.324 e. The van der Waals surface area contributed by atoms with E-state index >= 15 is 0 Å². The van der Waals surface area contributed by atoms with Crippen LogP contribution in [0.25, 0.3) is 12.2 Å². The molecule has 4 aromatic rings. The molecule has 0 atom stereocenters. The Hall–Kier alpha value is -4.38. The molecule has 0 saturated heterocycles. The summed E-state index contributed by atoms with van der Waals surface area (Å²) in [6, 6.07) is 9.81. The van der Waals surface area contributed by atoms with Gasteiger partial charge in [-0.25, -0.2) is 30.1 Å². The number of aryl methyl sites for hydroxylation is 4. The van der Waals surface area contributed by atoms with Gasteiger partial charge < -0.3 is 5.32 Å². The first-order valence-corrected chi connectivity index (χ1v) is 16.1. The largest absolute Gasteiger partial charge is 0.457 e. The van der Waals surface area contributed by atoms with E-state index in [0.717, 1.165) is 12.7 Å². The van der Waals surface area contributed by atoms with Crippen molar-refractivity contribution in [2.24, 2.45) is 0 Å². The second-order valence-corrected chi connectivity index (χ2v) is 12.4. The fraction of sp³-hybridized carbons (Fsp3) is 0.259. The Morgan fingerprint density at radius 1 is 0.787 bits per heavy atom. The van der Waals surface area contributed by atoms with E-state index in [1.807, 2.05) is 0 Å². The number of rotatable bonds is 15. The summed E-state index contributed by atoms with van der Waals surface area (Å²) in [6.07, 6.45) is 3.47. The lowest BCUT2D eigenvalue weighted by Gasteiger charge is -2.12. The van der Waals surface area contributed by atoms with Crippen LogP contribution in [-0.4, -0.2) is 59.1 Å². The van der Waals surface area contributed by atoms with Crippen LogP contribution in [0.5, 0.6) is 0 Å². The first kappa shape index (κ1) is 35.5. The van der Waals surface area contributed by atoms with Gasteiger partial charge in [-0.05, 0) is 67.1 Å². The fourth-order valence-electron chi connectivity index (χ4n) is 4.23. The lowest BCUT2D eigenvalue weighted by atomic mass is 10.0. The van der Waals surface area contributed by atoms with Crippen LogP contribution in [0.3, 0.4) is 0 Å². The van der Waals surface area contributed by atoms with Crippen LogP contribution in [0, 0.1) is 27.7 Å². The van der Waals surface area contributed by atoms with Crippen molar-refractivity contribution in [1.29, 1.82) is 0 Å². The second-order valence-electron chi connectivity index (χ2n) is 9.59. The highest BCUT2D eigenvalue weighted by atomic mass is 32.3. The Labute approximate surface area is 269 Å². The van der Waals surface area contributed by atoms with Crippen molar-refractivity contribution in [1.82, 2.24) is 29.9 Å². The SMILES string of the molecule is COS(=O)(=O)c1cc(Nc2nc(C)nc(C)n2)ccc1/C=C/c1ccc(Cc2nc(C)nc(C)n2)cc1COOOS(=O)(=O)OOO. The smallest absolute Gasteiger partial charge is 0.324 e. The predicted octanol–water partition coefficient (Wildman–Crippen LogP) is 3.18. The van der Waals surface area contributed by atoms with Crippen LogP contribution in [0.1, 0.15) is 51.4 Å². The van der Waals surface area contributed by atoms with Crippen molar-refractivity contribution in [3.05, 3.63) is 87.8 Å². The standard InChI is InChI=1S/C27H29N7O11S2/c1-16-28-17(2)31-26(30-16)13-20-6-7-21(23(12-20)15-41-43-45-47(38,39)44-42-35)8-9-22-10-11-24(14-25(22)46(36,37)40-5)34-27-32-18(3)29-19(4)33-27/h6-12,14,35H,13,15H2,1-5H3,(H,29,32,33,34)/b9-8+. The number of nitrogens with one attached hydrogen (secondary N) is 1. The maximum Gasteiger partial charge on any atom is 0.457 e. The molecule has 0 amide bonds. The van der Waals surface area contributed by atoms with Crippen molar-refractivity contribution in [2.45, 2.75) is 45.6 Å². The Morgan fingerprint density at radius 3 is 2.04 bits per heavy atom. The Balaban J connectivity index is 1.65. The first-order chi connectivity index (χ1) is 22.3. The summed E-state index contributed by atoms with van der Waals surface area (Å²) < 4.78 is 60.7. The van der Waals surface area contributed by atoms with E-state index in [1.54, 1.807) is 70.2 Å². The number of hydrogen-bond acceptors (Lipinski definition) is 18. The molecule has 47 heavy (non-hydrogen) atoms. The molecule has 0 aliphatic heterocycles. The van der Waals surface area contributed by atoms with Gasteiger partial charge in [0.1, 0.15) is 40.6 Å². The fourth-order valence-corrected chi connectivity index (χ4v) is 5.31. The van der Waals surface area contributed by atoms with E-state index in [-0.39, 0.29) is 23.0 Å². The number of nitrogens with zero attached hydrogens (tertiary/aromatic N) is 6. The maximum atomic E-state index is 12.9. The van der Waals surface area contributed by atoms with Crippen LogP contribution < -0.4 is 5.32 Å². The molecular weight excluding hydrogens is 662 g/mol. The van der Waals surface area contributed by atoms with Gasteiger partial charge in [0.2, 0.25) is 5.95 Å². The molecule has 0 bridgehead atoms. The minimum atomic E-state index is -4.89. The molecule has 0 fully saturated rings. The summed E-state index contributed by atoms with van der Waals surface area (Å²) in [7, 11) is -8.02. The second kappa shape index (κ2) is 15.5. The highest BCUT2D eigenvalue weighted by Gasteiger charge is 2.19. The number of hydrogen-bond donors (Lipinski definition) is 2. The van der Waals surface area contributed by atoms with Crippen molar-refractivity contribution in [3.63, 3.8) is 0 Å². The van der Waals surface area contributed by atoms with Crippen LogP contribution in [0.2, 0.25) is 0 Å². The Morgan fingerprint density at radius 2 is 1.40 bits per heavy atom. The summed E-state index contributed by atoms with van der Waals surface area (Å²) >= 11 is 0. The molecule has 4 rings (SSSR count). The molecule has 20 heteroatoms. The number of benzene rings is 2. The molecule has 18 nitrogen and oxygen atoms in total. The average Bonchev–Trinajstić information content (AvgIpc) is 2.98. The molecule has 2 heterocycles. The molecule has 0 radical (unpaired) electrons. The van der Waals surface area contributed by atoms with Crippen LogP contribution in [0.15, 0.2) is 41.3 Å². The zero-order chi connectivity index (χ0) is 34.2. The zero-order valence-electron chi connectivity index (χ0n) is 25.6. The highest BCUT2D eigenvalue weighted by Crippen LogP contribution is 2.27. The zero-order valence-corrected chi connectivity index (χ0v) is 27.2. The maximum absolute atomic E-state index is 12.9. The quantitative estimate of drug-likeness (QED) is 0.0599. The van der Waals surface area contributed by atoms with Gasteiger partial charge in [0, 0.05) is 12.1 Å². The molecule has 0 saturated carbocycles. The molecule has 0 spiro atoms. The van der Waals surface area contributed by atoms with Gasteiger partial charge in [0.05, 0.1) is 7.11 Å². The summed E-state index contributed by atoms with van der Waals surface area (Å²) in [5.41, 5.74) is 2.39. The van der Waals surface area contributed by atoms with Gasteiger partial charge in [0.15, 0.2) is 0 Å². The Kier molecular flexibility index (Phi) is 11.7. The van der Waals surface area contributed by atoms with Crippen molar-refractivity contribution in [2.75, 3.05) is 12.4 Å². The third-order valence-electron chi connectivity index (χ3n) is 6.02. The lowest BCUT2D eigenvalue weighted by Crippen LogP contribution is -2.11. The van der Waals surface area contributed by atoms with Crippen LogP contribution in [-0.2, 0) is 61.4 Å². The van der Waals surface area contributed by atoms with E-state index in [4.69, 9.17) is 14.3 Å². The van der Waals surface area contributed by atoms with E-state index in [1.165, 1.54) is 6.07 Å². The van der Waals surface area contributed by atoms with E-state index in [0.29, 0.717) is 52.4 Å². The molecule has 0 unspecified atom stereocenters. The average molecular weight is 692 g/mol. The summed E-state index contributed by atoms with van der Waals surface area (Å²) in [5, 5.41) is 18.4. The normalized spacial score (nSPS) is 12.1. The first-order valence-electron chi connectivity index (χ1n) is 13.4. The van der Waals surface area contributed by atoms with E-state index in [9.17, 15) is 16.8 Å². The monoisotopic (exact) mass is 691 g/mol. The molecule has 2 aromatic heterocycles. The Bertz CT molecular complexity index is 1950. The molecule has 0 aliphatic carbocycles. The summed E-state index contributed by atoms with van der Waals surface area (Å²) in [4.78, 5) is 30.2. The van der Waals surface area contributed by atoms with Crippen molar-refractivity contribution < 1.29 is 49.9 Å². The number of aromatic nitrogens is 6. The van der Waals surface area contributed by atoms with Crippen LogP contribution in [0.4, 0.5) is 11.6 Å².